The number of aromatic nitrogens is 1. The van der Waals surface area contributed by atoms with Gasteiger partial charge in [-0.1, -0.05) is 6.07 Å². The predicted octanol–water partition coefficient (Wildman–Crippen LogP) is 2.11. The summed E-state index contributed by atoms with van der Waals surface area (Å²) in [6, 6.07) is 7.13. The molecule has 0 aliphatic rings. The van der Waals surface area contributed by atoms with E-state index in [4.69, 9.17) is 16.9 Å². The van der Waals surface area contributed by atoms with Gasteiger partial charge in [-0.3, -0.25) is 0 Å². The molecule has 1 heterocycles. The lowest BCUT2D eigenvalue weighted by Gasteiger charge is -1.91. The second-order valence-corrected chi connectivity index (χ2v) is 2.03. The molecular weight excluding hydrogens is 183 g/mol. The third-order valence-corrected chi connectivity index (χ3v) is 1.33. The highest BCUT2D eigenvalue weighted by Gasteiger charge is 1.92. The Kier molecular flexibility index (Phi) is 4.60. The summed E-state index contributed by atoms with van der Waals surface area (Å²) >= 11 is 5.48. The molecule has 0 saturated heterocycles. The molecule has 0 aliphatic carbocycles. The van der Waals surface area contributed by atoms with E-state index in [1.54, 1.807) is 18.2 Å². The first kappa shape index (κ1) is 10.2. The summed E-state index contributed by atoms with van der Waals surface area (Å²) in [6.45, 7) is 0. The molecule has 58 valence electrons. The fraction of sp³-hybridized carbons (Fsp3) is 0.143. The molecule has 11 heavy (non-hydrogen) atoms. The van der Waals surface area contributed by atoms with Crippen molar-refractivity contribution >= 4 is 24.0 Å². The van der Waals surface area contributed by atoms with Crippen molar-refractivity contribution in [3.63, 3.8) is 0 Å². The molecule has 0 atom stereocenters. The molecule has 0 radical (unpaired) electrons. The molecule has 1 rings (SSSR count). The van der Waals surface area contributed by atoms with Crippen LogP contribution in [0.15, 0.2) is 18.2 Å². The van der Waals surface area contributed by atoms with Gasteiger partial charge in [-0.2, -0.15) is 5.26 Å². The maximum atomic E-state index is 8.40. The fourth-order valence-corrected chi connectivity index (χ4v) is 0.765. The van der Waals surface area contributed by atoms with Gasteiger partial charge in [0.05, 0.1) is 11.6 Å². The second-order valence-electron chi connectivity index (χ2n) is 1.76. The van der Waals surface area contributed by atoms with Crippen molar-refractivity contribution in [3.05, 3.63) is 29.6 Å². The van der Waals surface area contributed by atoms with Gasteiger partial charge in [-0.25, -0.2) is 4.98 Å². The molecule has 2 nitrogen and oxygen atoms in total. The van der Waals surface area contributed by atoms with Crippen molar-refractivity contribution in [1.82, 2.24) is 4.98 Å². The van der Waals surface area contributed by atoms with Crippen LogP contribution in [-0.4, -0.2) is 4.98 Å². The van der Waals surface area contributed by atoms with E-state index in [-0.39, 0.29) is 12.4 Å². The van der Waals surface area contributed by atoms with E-state index in [0.29, 0.717) is 11.6 Å². The van der Waals surface area contributed by atoms with E-state index >= 15 is 0 Å². The lowest BCUT2D eigenvalue weighted by atomic mass is 10.3. The maximum absolute atomic E-state index is 8.40. The summed E-state index contributed by atoms with van der Waals surface area (Å²) in [5.41, 5.74) is 1.15. The van der Waals surface area contributed by atoms with Gasteiger partial charge in [0.15, 0.2) is 0 Å². The van der Waals surface area contributed by atoms with Crippen molar-refractivity contribution < 1.29 is 0 Å². The molecule has 4 heteroatoms. The molecule has 0 bridgehead atoms. The Morgan fingerprint density at radius 3 is 2.82 bits per heavy atom. The number of nitriles is 1. The Bertz CT molecular complexity index is 267. The van der Waals surface area contributed by atoms with Crippen LogP contribution in [0.1, 0.15) is 11.4 Å². The van der Waals surface area contributed by atoms with E-state index in [1.165, 1.54) is 0 Å². The minimum absolute atomic E-state index is 0. The van der Waals surface area contributed by atoms with E-state index < -0.39 is 0 Å². The van der Waals surface area contributed by atoms with Crippen LogP contribution < -0.4 is 0 Å². The number of alkyl halides is 1. The van der Waals surface area contributed by atoms with E-state index in [2.05, 4.69) is 4.98 Å². The lowest BCUT2D eigenvalue weighted by Crippen LogP contribution is -1.87. The minimum Gasteiger partial charge on any atom is -0.241 e. The molecule has 0 saturated carbocycles. The van der Waals surface area contributed by atoms with Crippen LogP contribution in [0.3, 0.4) is 0 Å². The Hall–Kier alpha value is -0.780. The van der Waals surface area contributed by atoms with Crippen LogP contribution in [0, 0.1) is 11.3 Å². The van der Waals surface area contributed by atoms with Gasteiger partial charge in [0.25, 0.3) is 0 Å². The summed E-state index contributed by atoms with van der Waals surface area (Å²) in [6.07, 6.45) is 0. The lowest BCUT2D eigenvalue weighted by molar-refractivity contribution is 1.14. The topological polar surface area (TPSA) is 36.7 Å². The summed E-state index contributed by atoms with van der Waals surface area (Å²) in [5.74, 6) is 0.357. The number of hydrogen-bond donors (Lipinski definition) is 0. The number of nitrogens with zero attached hydrogens (tertiary/aromatic N) is 2. The van der Waals surface area contributed by atoms with Crippen LogP contribution >= 0.6 is 24.0 Å². The number of pyridine rings is 1. The summed E-state index contributed by atoms with van der Waals surface area (Å²) < 4.78 is 0. The summed E-state index contributed by atoms with van der Waals surface area (Å²) in [7, 11) is 0. The van der Waals surface area contributed by atoms with Crippen LogP contribution in [0.25, 0.3) is 0 Å². The first-order chi connectivity index (χ1) is 4.86. The van der Waals surface area contributed by atoms with Gasteiger partial charge in [0.2, 0.25) is 0 Å². The number of rotatable bonds is 1. The minimum atomic E-state index is 0. The van der Waals surface area contributed by atoms with Gasteiger partial charge in [0.1, 0.15) is 11.8 Å². The number of halogens is 2. The van der Waals surface area contributed by atoms with Crippen molar-refractivity contribution in [3.8, 4) is 6.07 Å². The highest BCUT2D eigenvalue weighted by molar-refractivity contribution is 6.16. The Morgan fingerprint density at radius 1 is 1.55 bits per heavy atom. The summed E-state index contributed by atoms with van der Waals surface area (Å²) in [5, 5.41) is 8.40. The molecule has 1 aromatic heterocycles. The Balaban J connectivity index is 0.000001000. The van der Waals surface area contributed by atoms with Crippen LogP contribution in [-0.2, 0) is 5.88 Å². The van der Waals surface area contributed by atoms with Gasteiger partial charge in [0, 0.05) is 0 Å². The van der Waals surface area contributed by atoms with E-state index in [0.717, 1.165) is 5.69 Å². The van der Waals surface area contributed by atoms with Crippen molar-refractivity contribution in [2.75, 3.05) is 0 Å². The first-order valence-corrected chi connectivity index (χ1v) is 3.32. The third-order valence-electron chi connectivity index (χ3n) is 1.06. The van der Waals surface area contributed by atoms with Crippen LogP contribution in [0.2, 0.25) is 0 Å². The number of hydrogen-bond acceptors (Lipinski definition) is 2. The van der Waals surface area contributed by atoms with Gasteiger partial charge >= 0.3 is 0 Å². The smallest absolute Gasteiger partial charge is 0.140 e. The third kappa shape index (κ3) is 2.75. The van der Waals surface area contributed by atoms with Gasteiger partial charge in [-0.15, -0.1) is 24.0 Å². The molecule has 0 N–H and O–H groups in total. The normalized spacial score (nSPS) is 8.00. The molecule has 0 unspecified atom stereocenters. The Morgan fingerprint density at radius 2 is 2.27 bits per heavy atom. The molecular formula is C7H6Cl2N2. The molecule has 0 aliphatic heterocycles. The second kappa shape index (κ2) is 4.95. The average molecular weight is 189 g/mol. The fourth-order valence-electron chi connectivity index (χ4n) is 0.616. The summed E-state index contributed by atoms with van der Waals surface area (Å²) in [4.78, 5) is 3.92. The van der Waals surface area contributed by atoms with Crippen LogP contribution in [0.5, 0.6) is 0 Å². The quantitative estimate of drug-likeness (QED) is 0.634. The van der Waals surface area contributed by atoms with Crippen molar-refractivity contribution in [1.29, 1.82) is 5.26 Å². The predicted molar refractivity (Wildman–Crippen MR) is 45.8 cm³/mol. The Labute approximate surface area is 76.2 Å². The highest BCUT2D eigenvalue weighted by atomic mass is 35.5. The van der Waals surface area contributed by atoms with Gasteiger partial charge in [-0.05, 0) is 12.1 Å². The van der Waals surface area contributed by atoms with Crippen molar-refractivity contribution in [2.24, 2.45) is 0 Å². The molecule has 0 fully saturated rings. The monoisotopic (exact) mass is 188 g/mol. The van der Waals surface area contributed by atoms with Crippen LogP contribution in [0.4, 0.5) is 0 Å². The molecule has 0 aromatic carbocycles. The maximum Gasteiger partial charge on any atom is 0.140 e. The SMILES string of the molecule is Cl.N#Cc1cccc(CCl)n1. The largest absolute Gasteiger partial charge is 0.241 e. The average Bonchev–Trinajstić information content (AvgIpc) is 2.05. The zero-order valence-corrected chi connectivity index (χ0v) is 7.19. The van der Waals surface area contributed by atoms with E-state index in [9.17, 15) is 0 Å². The van der Waals surface area contributed by atoms with E-state index in [1.807, 2.05) is 6.07 Å². The molecule has 0 amide bonds. The zero-order valence-electron chi connectivity index (χ0n) is 5.62. The molecule has 0 spiro atoms. The highest BCUT2D eigenvalue weighted by Crippen LogP contribution is 2.00. The standard InChI is InChI=1S/C7H5ClN2.ClH/c8-4-6-2-1-3-7(5-9)10-6;/h1-3H,4H2;1H. The first-order valence-electron chi connectivity index (χ1n) is 2.79. The molecule has 1 aromatic rings. The van der Waals surface area contributed by atoms with Gasteiger partial charge < -0.3 is 0 Å². The van der Waals surface area contributed by atoms with Crippen molar-refractivity contribution in [2.45, 2.75) is 5.88 Å². The zero-order chi connectivity index (χ0) is 7.40.